The van der Waals surface area contributed by atoms with E-state index in [1.807, 2.05) is 27.0 Å². The van der Waals surface area contributed by atoms with E-state index >= 15 is 0 Å². The number of carboxylic acids is 1. The van der Waals surface area contributed by atoms with Crippen LogP contribution >= 0.6 is 11.8 Å². The van der Waals surface area contributed by atoms with Gasteiger partial charge in [0.15, 0.2) is 0 Å². The van der Waals surface area contributed by atoms with E-state index in [0.717, 1.165) is 5.75 Å². The lowest BCUT2D eigenvalue weighted by molar-refractivity contribution is -0.142. The summed E-state index contributed by atoms with van der Waals surface area (Å²) in [5.41, 5.74) is 0. The van der Waals surface area contributed by atoms with Crippen LogP contribution in [0.5, 0.6) is 0 Å². The normalized spacial score (nSPS) is 12.6. The third-order valence-corrected chi connectivity index (χ3v) is 6.04. The molecule has 2 atom stereocenters. The van der Waals surface area contributed by atoms with E-state index in [9.17, 15) is 29.1 Å². The Bertz CT molecular complexity index is 674. The average Bonchev–Trinajstić information content (AvgIpc) is 2.81. The molecule has 0 heterocycles. The highest BCUT2D eigenvalue weighted by Gasteiger charge is 2.21. The summed E-state index contributed by atoms with van der Waals surface area (Å²) in [6.45, 7) is 6.38. The molecule has 11 heteroatoms. The first-order valence-electron chi connectivity index (χ1n) is 12.4. The molecule has 0 aliphatic carbocycles. The van der Waals surface area contributed by atoms with E-state index in [1.54, 1.807) is 11.8 Å². The van der Waals surface area contributed by atoms with Gasteiger partial charge in [0.1, 0.15) is 11.8 Å². The van der Waals surface area contributed by atoms with E-state index < -0.39 is 24.0 Å². The van der Waals surface area contributed by atoms with Crippen LogP contribution in [0.3, 0.4) is 0 Å². The van der Waals surface area contributed by atoms with E-state index in [4.69, 9.17) is 0 Å². The van der Waals surface area contributed by atoms with Crippen LogP contribution in [0.15, 0.2) is 0 Å². The molecule has 3 amide bonds. The number of amides is 3. The monoisotopic (exact) mass is 516 g/mol. The lowest BCUT2D eigenvalue weighted by Crippen LogP contribution is -2.49. The summed E-state index contributed by atoms with van der Waals surface area (Å²) in [5.74, 6) is -1.05. The number of rotatable bonds is 21. The molecule has 0 aromatic heterocycles. The number of thioether (sulfide) groups is 1. The van der Waals surface area contributed by atoms with Crippen molar-refractivity contribution in [1.29, 1.82) is 0 Å². The van der Waals surface area contributed by atoms with Crippen LogP contribution in [0.2, 0.25) is 0 Å². The number of unbranched alkanes of at least 4 members (excludes halogenated alkanes) is 2. The standard InChI is InChI=1S/C24H44N4O6S/c1-5-25-18(13-15-35-4)23(32)27-16-22(31)28-19(24(33)34)10-8-9-14-26-21(30)12-7-6-11-20(29)17(2)3/h17-19,25H,5-16H2,1-4H3,(H,26,30)(H,27,32)(H,28,31)(H,33,34). The highest BCUT2D eigenvalue weighted by molar-refractivity contribution is 7.98. The van der Waals surface area contributed by atoms with Crippen LogP contribution in [-0.2, 0) is 24.0 Å². The quantitative estimate of drug-likeness (QED) is 0.144. The number of Topliss-reactive ketones (excluding diaryl/α,β-unsaturated/α-hetero) is 1. The molecule has 202 valence electrons. The van der Waals surface area contributed by atoms with Gasteiger partial charge in [-0.25, -0.2) is 4.79 Å². The van der Waals surface area contributed by atoms with Gasteiger partial charge in [0, 0.05) is 25.3 Å². The Morgan fingerprint density at radius 1 is 0.857 bits per heavy atom. The van der Waals surface area contributed by atoms with Crippen LogP contribution in [0.4, 0.5) is 0 Å². The van der Waals surface area contributed by atoms with Crippen molar-refractivity contribution >= 4 is 41.2 Å². The summed E-state index contributed by atoms with van der Waals surface area (Å²) in [6, 6.07) is -1.46. The largest absolute Gasteiger partial charge is 0.480 e. The van der Waals surface area contributed by atoms with Crippen molar-refractivity contribution < 1.29 is 29.1 Å². The van der Waals surface area contributed by atoms with Crippen molar-refractivity contribution in [2.24, 2.45) is 5.92 Å². The molecule has 0 saturated carbocycles. The predicted molar refractivity (Wildman–Crippen MR) is 138 cm³/mol. The number of hydrogen-bond acceptors (Lipinski definition) is 7. The molecular formula is C24H44N4O6S. The number of carbonyl (C=O) groups excluding carboxylic acids is 4. The number of nitrogens with one attached hydrogen (secondary N) is 4. The highest BCUT2D eigenvalue weighted by Crippen LogP contribution is 2.06. The van der Waals surface area contributed by atoms with Gasteiger partial charge >= 0.3 is 5.97 Å². The fraction of sp³-hybridized carbons (Fsp3) is 0.792. The number of aliphatic carboxylic acids is 1. The van der Waals surface area contributed by atoms with Gasteiger partial charge in [0.2, 0.25) is 17.7 Å². The minimum atomic E-state index is -1.14. The van der Waals surface area contributed by atoms with Gasteiger partial charge in [-0.2, -0.15) is 11.8 Å². The molecular weight excluding hydrogens is 472 g/mol. The van der Waals surface area contributed by atoms with Gasteiger partial charge in [-0.15, -0.1) is 0 Å². The maximum atomic E-state index is 12.3. The van der Waals surface area contributed by atoms with E-state index in [-0.39, 0.29) is 36.5 Å². The van der Waals surface area contributed by atoms with Crippen LogP contribution in [0.1, 0.15) is 72.1 Å². The van der Waals surface area contributed by atoms with Crippen molar-refractivity contribution in [2.75, 3.05) is 31.6 Å². The Hall–Kier alpha value is -2.14. The molecule has 0 radical (unpaired) electrons. The van der Waals surface area contributed by atoms with Crippen LogP contribution in [-0.4, -0.2) is 78.3 Å². The first-order valence-corrected chi connectivity index (χ1v) is 13.8. The summed E-state index contributed by atoms with van der Waals surface area (Å²) in [7, 11) is 0. The number of likely N-dealkylation sites (N-methyl/N-ethyl adjacent to an activating group) is 1. The number of carbonyl (C=O) groups is 5. The Morgan fingerprint density at radius 3 is 2.14 bits per heavy atom. The third-order valence-electron chi connectivity index (χ3n) is 5.40. The SMILES string of the molecule is CCNC(CCSC)C(=O)NCC(=O)NC(CCCCNC(=O)CCCCC(=O)C(C)C)C(=O)O. The molecule has 5 N–H and O–H groups in total. The topological polar surface area (TPSA) is 154 Å². The van der Waals surface area contributed by atoms with Gasteiger partial charge in [-0.1, -0.05) is 20.8 Å². The predicted octanol–water partition coefficient (Wildman–Crippen LogP) is 1.48. The molecule has 0 aromatic rings. The van der Waals surface area contributed by atoms with Crippen LogP contribution < -0.4 is 21.3 Å². The molecule has 0 spiro atoms. The maximum absolute atomic E-state index is 12.3. The van der Waals surface area contributed by atoms with E-state index in [1.165, 1.54) is 0 Å². The molecule has 0 aliphatic heterocycles. The molecule has 10 nitrogen and oxygen atoms in total. The fourth-order valence-corrected chi connectivity index (χ4v) is 3.74. The Balaban J connectivity index is 4.17. The van der Waals surface area contributed by atoms with Crippen molar-refractivity contribution in [3.05, 3.63) is 0 Å². The molecule has 0 aliphatic rings. The second-order valence-corrected chi connectivity index (χ2v) is 9.73. The maximum Gasteiger partial charge on any atom is 0.326 e. The minimum absolute atomic E-state index is 0.0206. The molecule has 0 rings (SSSR count). The summed E-state index contributed by atoms with van der Waals surface area (Å²) in [5, 5.41) is 20.3. The first kappa shape index (κ1) is 32.9. The van der Waals surface area contributed by atoms with Gasteiger partial charge in [0.05, 0.1) is 12.6 Å². The van der Waals surface area contributed by atoms with Crippen molar-refractivity contribution in [3.63, 3.8) is 0 Å². The Morgan fingerprint density at radius 2 is 1.54 bits per heavy atom. The zero-order valence-electron chi connectivity index (χ0n) is 21.6. The van der Waals surface area contributed by atoms with E-state index in [0.29, 0.717) is 58.0 Å². The van der Waals surface area contributed by atoms with Crippen molar-refractivity contribution in [2.45, 2.75) is 84.2 Å². The zero-order valence-corrected chi connectivity index (χ0v) is 22.4. The second kappa shape index (κ2) is 20.1. The lowest BCUT2D eigenvalue weighted by atomic mass is 10.0. The van der Waals surface area contributed by atoms with Crippen molar-refractivity contribution in [1.82, 2.24) is 21.3 Å². The van der Waals surface area contributed by atoms with Gasteiger partial charge < -0.3 is 26.4 Å². The molecule has 35 heavy (non-hydrogen) atoms. The smallest absolute Gasteiger partial charge is 0.326 e. The molecule has 0 aromatic carbocycles. The second-order valence-electron chi connectivity index (χ2n) is 8.74. The summed E-state index contributed by atoms with van der Waals surface area (Å²) in [4.78, 5) is 59.3. The summed E-state index contributed by atoms with van der Waals surface area (Å²) in [6.07, 6.45) is 6.08. The third kappa shape index (κ3) is 17.0. The highest BCUT2D eigenvalue weighted by atomic mass is 32.2. The van der Waals surface area contributed by atoms with Gasteiger partial charge in [-0.05, 0) is 57.1 Å². The van der Waals surface area contributed by atoms with Crippen LogP contribution in [0.25, 0.3) is 0 Å². The summed E-state index contributed by atoms with van der Waals surface area (Å²) >= 11 is 1.63. The zero-order chi connectivity index (χ0) is 26.6. The molecule has 0 bridgehead atoms. The number of carboxylic acid groups (broad SMARTS) is 1. The van der Waals surface area contributed by atoms with Crippen molar-refractivity contribution in [3.8, 4) is 0 Å². The van der Waals surface area contributed by atoms with Gasteiger partial charge in [-0.3, -0.25) is 19.2 Å². The first-order chi connectivity index (χ1) is 16.6. The molecule has 0 fully saturated rings. The molecule has 2 unspecified atom stereocenters. The number of ketones is 1. The average molecular weight is 517 g/mol. The lowest BCUT2D eigenvalue weighted by Gasteiger charge is -2.18. The van der Waals surface area contributed by atoms with Crippen LogP contribution in [0, 0.1) is 5.92 Å². The minimum Gasteiger partial charge on any atom is -0.480 e. The number of hydrogen-bond donors (Lipinski definition) is 5. The van der Waals surface area contributed by atoms with E-state index in [2.05, 4.69) is 21.3 Å². The Kier molecular flexibility index (Phi) is 18.9. The summed E-state index contributed by atoms with van der Waals surface area (Å²) < 4.78 is 0. The fourth-order valence-electron chi connectivity index (χ4n) is 3.26. The Labute approximate surface area is 213 Å². The van der Waals surface area contributed by atoms with Gasteiger partial charge in [0.25, 0.3) is 0 Å². The molecule has 0 saturated heterocycles.